The molecule has 0 saturated carbocycles. The average Bonchev–Trinajstić information content (AvgIpc) is 2.10. The van der Waals surface area contributed by atoms with E-state index in [9.17, 15) is 13.2 Å². The minimum Gasteiger partial charge on any atom is -0.384 e. The topological polar surface area (TPSA) is 72.5 Å². The van der Waals surface area contributed by atoms with Crippen LogP contribution in [0.4, 0.5) is 0 Å². The second kappa shape index (κ2) is 5.63. The summed E-state index contributed by atoms with van der Waals surface area (Å²) in [6, 6.07) is 0. The number of methoxy groups -OCH3 is 1. The summed E-state index contributed by atoms with van der Waals surface area (Å²) in [6.07, 6.45) is 0. The van der Waals surface area contributed by atoms with Gasteiger partial charge in [-0.3, -0.25) is 4.79 Å². The summed E-state index contributed by atoms with van der Waals surface area (Å²) in [5.41, 5.74) is -0.428. The maximum Gasteiger partial charge on any atom is 0.238 e. The molecule has 6 heteroatoms. The number of ether oxygens (including phenoxy) is 1. The lowest BCUT2D eigenvalue weighted by Gasteiger charge is -2.23. The molecule has 0 radical (unpaired) electrons. The summed E-state index contributed by atoms with van der Waals surface area (Å²) in [7, 11) is -2.01. The van der Waals surface area contributed by atoms with Gasteiger partial charge in [0.05, 0.1) is 12.4 Å². The average molecular weight is 251 g/mol. The predicted molar refractivity (Wildman–Crippen MR) is 63.0 cm³/mol. The number of sulfone groups is 1. The van der Waals surface area contributed by atoms with Crippen LogP contribution in [0.3, 0.4) is 0 Å². The predicted octanol–water partition coefficient (Wildman–Crippen LogP) is 0.351. The van der Waals surface area contributed by atoms with Gasteiger partial charge >= 0.3 is 0 Å². The number of carbonyl (C=O) groups is 1. The highest BCUT2D eigenvalue weighted by molar-refractivity contribution is 7.92. The van der Waals surface area contributed by atoms with Crippen LogP contribution in [0.2, 0.25) is 0 Å². The van der Waals surface area contributed by atoms with Gasteiger partial charge in [0.25, 0.3) is 0 Å². The van der Waals surface area contributed by atoms with Gasteiger partial charge in [0.1, 0.15) is 5.25 Å². The second-order valence-corrected chi connectivity index (χ2v) is 7.18. The fraction of sp³-hybridized carbons (Fsp3) is 0.900. The molecule has 1 N–H and O–H groups in total. The molecule has 1 amide bonds. The Bertz CT molecular complexity index is 329. The van der Waals surface area contributed by atoms with Crippen molar-refractivity contribution in [2.24, 2.45) is 0 Å². The molecule has 0 fully saturated rings. The maximum atomic E-state index is 11.7. The van der Waals surface area contributed by atoms with E-state index in [0.29, 0.717) is 0 Å². The van der Waals surface area contributed by atoms with E-state index in [1.165, 1.54) is 14.0 Å². The molecule has 0 aromatic heterocycles. The van der Waals surface area contributed by atoms with Crippen molar-refractivity contribution in [3.63, 3.8) is 0 Å². The van der Waals surface area contributed by atoms with Crippen molar-refractivity contribution in [3.8, 4) is 0 Å². The van der Waals surface area contributed by atoms with Crippen molar-refractivity contribution in [2.75, 3.05) is 19.5 Å². The van der Waals surface area contributed by atoms with Gasteiger partial charge in [-0.1, -0.05) is 0 Å². The molecule has 16 heavy (non-hydrogen) atoms. The van der Waals surface area contributed by atoms with E-state index >= 15 is 0 Å². The van der Waals surface area contributed by atoms with Crippen molar-refractivity contribution in [3.05, 3.63) is 0 Å². The summed E-state index contributed by atoms with van der Waals surface area (Å²) in [5, 5.41) is 1.60. The Morgan fingerprint density at radius 2 is 1.88 bits per heavy atom. The molecular weight excluding hydrogens is 230 g/mol. The van der Waals surface area contributed by atoms with Crippen LogP contribution in [0.25, 0.3) is 0 Å². The Kier molecular flexibility index (Phi) is 5.41. The standard InChI is InChI=1S/C10H21NO4S/c1-8(9(12)11-10(2,3)4)16(13,14)7-6-15-5/h8H,6-7H2,1-5H3,(H,11,12). The Hall–Kier alpha value is -0.620. The molecule has 1 atom stereocenters. The third-order valence-corrected chi connectivity index (χ3v) is 4.01. The lowest BCUT2D eigenvalue weighted by atomic mass is 10.1. The minimum atomic E-state index is -3.43. The fourth-order valence-electron chi connectivity index (χ4n) is 1.01. The highest BCUT2D eigenvalue weighted by atomic mass is 32.2. The van der Waals surface area contributed by atoms with Crippen LogP contribution in [0, 0.1) is 0 Å². The highest BCUT2D eigenvalue weighted by Gasteiger charge is 2.29. The number of rotatable bonds is 5. The van der Waals surface area contributed by atoms with Gasteiger partial charge in [0.2, 0.25) is 5.91 Å². The van der Waals surface area contributed by atoms with Gasteiger partial charge in [-0.05, 0) is 27.7 Å². The quantitative estimate of drug-likeness (QED) is 0.765. The molecule has 0 aliphatic heterocycles. The van der Waals surface area contributed by atoms with E-state index in [0.717, 1.165) is 0 Å². The van der Waals surface area contributed by atoms with Gasteiger partial charge in [-0.25, -0.2) is 8.42 Å². The number of hydrogen-bond acceptors (Lipinski definition) is 4. The first-order valence-electron chi connectivity index (χ1n) is 5.12. The Balaban J connectivity index is 4.55. The summed E-state index contributed by atoms with van der Waals surface area (Å²) >= 11 is 0. The van der Waals surface area contributed by atoms with Crippen LogP contribution in [-0.4, -0.2) is 44.6 Å². The first-order valence-corrected chi connectivity index (χ1v) is 6.84. The van der Waals surface area contributed by atoms with Crippen LogP contribution in [-0.2, 0) is 19.4 Å². The molecule has 96 valence electrons. The largest absolute Gasteiger partial charge is 0.384 e. The van der Waals surface area contributed by atoms with Crippen molar-refractivity contribution < 1.29 is 17.9 Å². The molecular formula is C10H21NO4S. The summed E-state index contributed by atoms with van der Waals surface area (Å²) in [6.45, 7) is 6.92. The van der Waals surface area contributed by atoms with Crippen LogP contribution in [0.15, 0.2) is 0 Å². The molecule has 0 rings (SSSR count). The van der Waals surface area contributed by atoms with Gasteiger partial charge in [-0.2, -0.15) is 0 Å². The number of carbonyl (C=O) groups excluding carboxylic acids is 1. The zero-order chi connectivity index (χ0) is 13.0. The molecule has 0 saturated heterocycles. The molecule has 5 nitrogen and oxygen atoms in total. The molecule has 0 heterocycles. The smallest absolute Gasteiger partial charge is 0.238 e. The fourth-order valence-corrected chi connectivity index (χ4v) is 2.15. The zero-order valence-corrected chi connectivity index (χ0v) is 11.3. The van der Waals surface area contributed by atoms with Gasteiger partial charge in [0.15, 0.2) is 9.84 Å². The van der Waals surface area contributed by atoms with E-state index in [4.69, 9.17) is 4.74 Å². The normalized spacial score (nSPS) is 14.6. The number of hydrogen-bond donors (Lipinski definition) is 1. The Labute approximate surface area is 97.5 Å². The molecule has 1 unspecified atom stereocenters. The van der Waals surface area contributed by atoms with Crippen LogP contribution < -0.4 is 5.32 Å². The van der Waals surface area contributed by atoms with E-state index in [2.05, 4.69) is 5.32 Å². The van der Waals surface area contributed by atoms with Crippen LogP contribution >= 0.6 is 0 Å². The van der Waals surface area contributed by atoms with E-state index < -0.39 is 26.5 Å². The maximum absolute atomic E-state index is 11.7. The molecule has 0 aliphatic carbocycles. The SMILES string of the molecule is COCCS(=O)(=O)C(C)C(=O)NC(C)(C)C. The van der Waals surface area contributed by atoms with Crippen LogP contribution in [0.1, 0.15) is 27.7 Å². The highest BCUT2D eigenvalue weighted by Crippen LogP contribution is 2.06. The molecule has 0 aromatic carbocycles. The van der Waals surface area contributed by atoms with Crippen molar-refractivity contribution >= 4 is 15.7 Å². The Morgan fingerprint density at radius 3 is 2.25 bits per heavy atom. The second-order valence-electron chi connectivity index (χ2n) is 4.74. The molecule has 0 spiro atoms. The van der Waals surface area contributed by atoms with Gasteiger partial charge in [-0.15, -0.1) is 0 Å². The Morgan fingerprint density at radius 1 is 1.38 bits per heavy atom. The van der Waals surface area contributed by atoms with E-state index in [-0.39, 0.29) is 12.4 Å². The first-order chi connectivity index (χ1) is 7.10. The minimum absolute atomic E-state index is 0.107. The summed E-state index contributed by atoms with van der Waals surface area (Å²) in [4.78, 5) is 11.6. The lowest BCUT2D eigenvalue weighted by Crippen LogP contribution is -2.47. The van der Waals surface area contributed by atoms with E-state index in [1.807, 2.05) is 0 Å². The van der Waals surface area contributed by atoms with Gasteiger partial charge < -0.3 is 10.1 Å². The number of nitrogens with one attached hydrogen (secondary N) is 1. The van der Waals surface area contributed by atoms with Crippen LogP contribution in [0.5, 0.6) is 0 Å². The van der Waals surface area contributed by atoms with Crippen molar-refractivity contribution in [2.45, 2.75) is 38.5 Å². The summed E-state index contributed by atoms with van der Waals surface area (Å²) in [5.74, 6) is -0.606. The lowest BCUT2D eigenvalue weighted by molar-refractivity contribution is -0.121. The van der Waals surface area contributed by atoms with Crippen molar-refractivity contribution in [1.82, 2.24) is 5.32 Å². The zero-order valence-electron chi connectivity index (χ0n) is 10.5. The number of amides is 1. The molecule has 0 aromatic rings. The first kappa shape index (κ1) is 15.4. The molecule has 0 aliphatic rings. The molecule has 0 bridgehead atoms. The summed E-state index contributed by atoms with van der Waals surface area (Å²) < 4.78 is 28.0. The van der Waals surface area contributed by atoms with Gasteiger partial charge in [0, 0.05) is 12.6 Å². The third-order valence-electron chi connectivity index (χ3n) is 1.98. The van der Waals surface area contributed by atoms with E-state index in [1.54, 1.807) is 20.8 Å². The van der Waals surface area contributed by atoms with Crippen molar-refractivity contribution in [1.29, 1.82) is 0 Å². The monoisotopic (exact) mass is 251 g/mol. The third kappa shape index (κ3) is 5.46.